The molecule has 2 bridgehead atoms. The van der Waals surface area contributed by atoms with Crippen molar-refractivity contribution in [3.63, 3.8) is 0 Å². The van der Waals surface area contributed by atoms with Gasteiger partial charge in [0, 0.05) is 38.1 Å². The molecular formula is C23H35N3O2. The van der Waals surface area contributed by atoms with Gasteiger partial charge >= 0.3 is 0 Å². The quantitative estimate of drug-likeness (QED) is 0.758. The van der Waals surface area contributed by atoms with Crippen molar-refractivity contribution in [2.24, 2.45) is 5.92 Å². The van der Waals surface area contributed by atoms with Gasteiger partial charge in [-0.25, -0.2) is 0 Å². The monoisotopic (exact) mass is 385 g/mol. The molecule has 4 atom stereocenters. The lowest BCUT2D eigenvalue weighted by molar-refractivity contribution is -0.125. The van der Waals surface area contributed by atoms with Gasteiger partial charge in [-0.2, -0.15) is 0 Å². The number of benzene rings is 1. The van der Waals surface area contributed by atoms with Gasteiger partial charge in [0.2, 0.25) is 5.91 Å². The van der Waals surface area contributed by atoms with Gasteiger partial charge in [0.1, 0.15) is 0 Å². The molecule has 4 rings (SSSR count). The summed E-state index contributed by atoms with van der Waals surface area (Å²) in [6, 6.07) is 12.0. The van der Waals surface area contributed by atoms with Crippen molar-refractivity contribution in [2.45, 2.75) is 76.2 Å². The highest BCUT2D eigenvalue weighted by Gasteiger charge is 2.35. The first-order valence-electron chi connectivity index (χ1n) is 11.1. The van der Waals surface area contributed by atoms with Crippen molar-refractivity contribution in [1.29, 1.82) is 0 Å². The second-order valence-corrected chi connectivity index (χ2v) is 8.89. The molecule has 3 saturated heterocycles. The Hall–Kier alpha value is -1.43. The van der Waals surface area contributed by atoms with Gasteiger partial charge in [-0.05, 0) is 43.6 Å². The van der Waals surface area contributed by atoms with Crippen molar-refractivity contribution in [2.75, 3.05) is 19.7 Å². The van der Waals surface area contributed by atoms with Crippen LogP contribution in [0.3, 0.4) is 0 Å². The summed E-state index contributed by atoms with van der Waals surface area (Å²) in [5.74, 6) is 0.750. The number of carbonyl (C=O) groups excluding carboxylic acids is 1. The van der Waals surface area contributed by atoms with Crippen molar-refractivity contribution >= 4 is 5.91 Å². The molecule has 0 aliphatic carbocycles. The number of piperidine rings is 1. The third-order valence-corrected chi connectivity index (χ3v) is 6.71. The fourth-order valence-electron chi connectivity index (χ4n) is 5.29. The third kappa shape index (κ3) is 5.13. The van der Waals surface area contributed by atoms with Gasteiger partial charge in [0.25, 0.3) is 0 Å². The lowest BCUT2D eigenvalue weighted by Gasteiger charge is -2.37. The predicted molar refractivity (Wildman–Crippen MR) is 111 cm³/mol. The number of hydrogen-bond donors (Lipinski definition) is 2. The van der Waals surface area contributed by atoms with Crippen LogP contribution in [-0.4, -0.2) is 54.7 Å². The molecule has 5 heteroatoms. The fourth-order valence-corrected chi connectivity index (χ4v) is 5.29. The molecule has 3 aliphatic heterocycles. The first-order chi connectivity index (χ1) is 13.7. The van der Waals surface area contributed by atoms with E-state index in [0.29, 0.717) is 24.4 Å². The van der Waals surface area contributed by atoms with E-state index in [4.69, 9.17) is 4.74 Å². The second-order valence-electron chi connectivity index (χ2n) is 8.89. The van der Waals surface area contributed by atoms with Gasteiger partial charge in [-0.15, -0.1) is 0 Å². The van der Waals surface area contributed by atoms with Crippen LogP contribution in [0.25, 0.3) is 0 Å². The Bertz CT molecular complexity index is 626. The minimum Gasteiger partial charge on any atom is -0.373 e. The normalized spacial score (nSPS) is 31.5. The summed E-state index contributed by atoms with van der Waals surface area (Å²) in [6.07, 6.45) is 6.55. The van der Waals surface area contributed by atoms with Crippen molar-refractivity contribution in [1.82, 2.24) is 15.5 Å². The molecule has 0 aromatic heterocycles. The lowest BCUT2D eigenvalue weighted by Crippen LogP contribution is -2.53. The van der Waals surface area contributed by atoms with E-state index in [0.717, 1.165) is 45.5 Å². The van der Waals surface area contributed by atoms with Crippen LogP contribution in [0.2, 0.25) is 0 Å². The Labute approximate surface area is 169 Å². The minimum absolute atomic E-state index is 0.0793. The van der Waals surface area contributed by atoms with Crippen molar-refractivity contribution < 1.29 is 9.53 Å². The Morgan fingerprint density at radius 1 is 1.25 bits per heavy atom. The van der Waals surface area contributed by atoms with E-state index in [-0.39, 0.29) is 18.1 Å². The molecular weight excluding hydrogens is 350 g/mol. The molecule has 2 N–H and O–H groups in total. The fraction of sp³-hybridized carbons (Fsp3) is 0.696. The Morgan fingerprint density at radius 3 is 2.71 bits per heavy atom. The summed E-state index contributed by atoms with van der Waals surface area (Å²) in [6.45, 7) is 5.67. The van der Waals surface area contributed by atoms with Gasteiger partial charge in [-0.1, -0.05) is 37.3 Å². The summed E-state index contributed by atoms with van der Waals surface area (Å²) in [4.78, 5) is 15.2. The van der Waals surface area contributed by atoms with Crippen LogP contribution in [0.4, 0.5) is 0 Å². The molecule has 0 saturated carbocycles. The number of amides is 1. The Morgan fingerprint density at radius 2 is 2.00 bits per heavy atom. The zero-order valence-electron chi connectivity index (χ0n) is 17.1. The zero-order valence-corrected chi connectivity index (χ0v) is 17.1. The van der Waals surface area contributed by atoms with E-state index in [1.165, 1.54) is 18.4 Å². The number of hydrogen-bond acceptors (Lipinski definition) is 4. The standard InChI is InChI=1S/C23H35N3O2/c1-2-21(25-23(27)14-18-12-19-8-9-20(13-18)24-19)22-16-26(10-11-28-22)15-17-6-4-3-5-7-17/h3-7,18-22,24H,2,8-16H2,1H3,(H,25,27). The number of fused-ring (bicyclic) bond motifs is 2. The summed E-state index contributed by atoms with van der Waals surface area (Å²) in [7, 11) is 0. The first kappa shape index (κ1) is 19.9. The molecule has 28 heavy (non-hydrogen) atoms. The molecule has 1 aromatic carbocycles. The van der Waals surface area contributed by atoms with Gasteiger partial charge < -0.3 is 15.4 Å². The summed E-state index contributed by atoms with van der Waals surface area (Å²) >= 11 is 0. The number of nitrogens with zero attached hydrogens (tertiary/aromatic N) is 1. The molecule has 1 amide bonds. The first-order valence-corrected chi connectivity index (χ1v) is 11.1. The molecule has 4 unspecified atom stereocenters. The molecule has 1 aromatic rings. The van der Waals surface area contributed by atoms with Crippen LogP contribution < -0.4 is 10.6 Å². The maximum atomic E-state index is 12.7. The van der Waals surface area contributed by atoms with Gasteiger partial charge in [0.15, 0.2) is 0 Å². The zero-order chi connectivity index (χ0) is 19.3. The van der Waals surface area contributed by atoms with E-state index in [1.807, 2.05) is 0 Å². The van der Waals surface area contributed by atoms with Crippen LogP contribution in [0.5, 0.6) is 0 Å². The highest BCUT2D eigenvalue weighted by molar-refractivity contribution is 5.76. The van der Waals surface area contributed by atoms with Crippen LogP contribution >= 0.6 is 0 Å². The van der Waals surface area contributed by atoms with Gasteiger partial charge in [-0.3, -0.25) is 9.69 Å². The van der Waals surface area contributed by atoms with Crippen molar-refractivity contribution in [3.8, 4) is 0 Å². The second kappa shape index (κ2) is 9.38. The highest BCUT2D eigenvalue weighted by Crippen LogP contribution is 2.32. The maximum absolute atomic E-state index is 12.7. The lowest BCUT2D eigenvalue weighted by atomic mass is 9.89. The highest BCUT2D eigenvalue weighted by atomic mass is 16.5. The number of carbonyl (C=O) groups is 1. The minimum atomic E-state index is 0.0793. The Balaban J connectivity index is 1.27. The smallest absolute Gasteiger partial charge is 0.220 e. The summed E-state index contributed by atoms with van der Waals surface area (Å²) in [5.41, 5.74) is 1.33. The molecule has 3 fully saturated rings. The van der Waals surface area contributed by atoms with Crippen molar-refractivity contribution in [3.05, 3.63) is 35.9 Å². The third-order valence-electron chi connectivity index (χ3n) is 6.71. The van der Waals surface area contributed by atoms with E-state index in [2.05, 4.69) is 52.8 Å². The Kier molecular flexibility index (Phi) is 6.65. The van der Waals surface area contributed by atoms with Crippen LogP contribution in [0, 0.1) is 5.92 Å². The average Bonchev–Trinajstić information content (AvgIpc) is 3.05. The number of ether oxygens (including phenoxy) is 1. The van der Waals surface area contributed by atoms with E-state index in [9.17, 15) is 4.79 Å². The number of morpholine rings is 1. The average molecular weight is 386 g/mol. The summed E-state index contributed by atoms with van der Waals surface area (Å²) in [5, 5.41) is 6.97. The molecule has 0 radical (unpaired) electrons. The maximum Gasteiger partial charge on any atom is 0.220 e. The van der Waals surface area contributed by atoms with Crippen LogP contribution in [0.1, 0.15) is 51.0 Å². The van der Waals surface area contributed by atoms with E-state index in [1.54, 1.807) is 0 Å². The number of rotatable bonds is 7. The molecule has 0 spiro atoms. The van der Waals surface area contributed by atoms with Crippen LogP contribution in [-0.2, 0) is 16.1 Å². The molecule has 3 aliphatic rings. The van der Waals surface area contributed by atoms with E-state index < -0.39 is 0 Å². The topological polar surface area (TPSA) is 53.6 Å². The molecule has 154 valence electrons. The summed E-state index contributed by atoms with van der Waals surface area (Å²) < 4.78 is 6.07. The van der Waals surface area contributed by atoms with Gasteiger partial charge in [0.05, 0.1) is 18.8 Å². The molecule has 5 nitrogen and oxygen atoms in total. The van der Waals surface area contributed by atoms with Crippen LogP contribution in [0.15, 0.2) is 30.3 Å². The number of nitrogens with one attached hydrogen (secondary N) is 2. The predicted octanol–water partition coefficient (Wildman–Crippen LogP) is 2.70. The molecule has 3 heterocycles. The SMILES string of the molecule is CCC(NC(=O)CC1CC2CCC(C1)N2)C1CN(Cc2ccccc2)CCO1. The largest absolute Gasteiger partial charge is 0.373 e. The van der Waals surface area contributed by atoms with E-state index >= 15 is 0 Å².